The molecule has 3 aromatic rings. The van der Waals surface area contributed by atoms with E-state index >= 15 is 0 Å². The van der Waals surface area contributed by atoms with Crippen LogP contribution in [0, 0.1) is 0 Å². The van der Waals surface area contributed by atoms with Crippen molar-refractivity contribution in [3.8, 4) is 5.75 Å². The average Bonchev–Trinajstić information content (AvgIpc) is 3.17. The van der Waals surface area contributed by atoms with Gasteiger partial charge in [0, 0.05) is 12.1 Å². The van der Waals surface area contributed by atoms with E-state index in [0.29, 0.717) is 39.7 Å². The Morgan fingerprint density at radius 1 is 1.37 bits per heavy atom. The lowest BCUT2D eigenvalue weighted by atomic mass is 10.1. The minimum Gasteiger partial charge on any atom is -0.497 e. The predicted octanol–water partition coefficient (Wildman–Crippen LogP) is 4.41. The number of thiophene rings is 1. The molecule has 140 valence electrons. The van der Waals surface area contributed by atoms with Gasteiger partial charge < -0.3 is 4.74 Å². The van der Waals surface area contributed by atoms with Crippen LogP contribution < -0.4 is 10.3 Å². The molecule has 0 radical (unpaired) electrons. The zero-order valence-electron chi connectivity index (χ0n) is 15.2. The Morgan fingerprint density at radius 2 is 2.11 bits per heavy atom. The van der Waals surface area contributed by atoms with Gasteiger partial charge in [-0.25, -0.2) is 4.98 Å². The fourth-order valence-electron chi connectivity index (χ4n) is 2.70. The van der Waals surface area contributed by atoms with Crippen molar-refractivity contribution in [2.45, 2.75) is 30.3 Å². The average molecular weight is 401 g/mol. The van der Waals surface area contributed by atoms with Crippen LogP contribution in [-0.4, -0.2) is 27.7 Å². The molecule has 27 heavy (non-hydrogen) atoms. The zero-order chi connectivity index (χ0) is 19.4. The van der Waals surface area contributed by atoms with Crippen molar-refractivity contribution in [2.75, 3.05) is 7.11 Å². The second-order valence-electron chi connectivity index (χ2n) is 5.85. The fourth-order valence-corrected chi connectivity index (χ4v) is 4.61. The van der Waals surface area contributed by atoms with Gasteiger partial charge in [-0.1, -0.05) is 24.8 Å². The highest BCUT2D eigenvalue weighted by atomic mass is 32.2. The monoisotopic (exact) mass is 400 g/mol. The normalized spacial score (nSPS) is 12.1. The number of hydrogen-bond donors (Lipinski definition) is 0. The number of benzene rings is 1. The molecule has 3 rings (SSSR count). The SMILES string of the molecule is C=CCn1c(SC(CC)C(=O)c2ccc(OC)cc2)nc2sccc2c1=O. The Labute approximate surface area is 165 Å². The quantitative estimate of drug-likeness (QED) is 0.243. The van der Waals surface area contributed by atoms with E-state index in [2.05, 4.69) is 11.6 Å². The maximum absolute atomic E-state index is 13.0. The minimum absolute atomic E-state index is 0.0100. The van der Waals surface area contributed by atoms with E-state index in [-0.39, 0.29) is 16.6 Å². The van der Waals surface area contributed by atoms with Gasteiger partial charge in [0.15, 0.2) is 10.9 Å². The van der Waals surface area contributed by atoms with Gasteiger partial charge in [-0.05, 0) is 42.1 Å². The molecule has 0 saturated carbocycles. The van der Waals surface area contributed by atoms with Gasteiger partial charge >= 0.3 is 0 Å². The van der Waals surface area contributed by atoms with E-state index in [0.717, 1.165) is 0 Å². The van der Waals surface area contributed by atoms with Crippen molar-refractivity contribution in [1.82, 2.24) is 9.55 Å². The first-order chi connectivity index (χ1) is 13.1. The second kappa shape index (κ2) is 8.54. The summed E-state index contributed by atoms with van der Waals surface area (Å²) in [5.74, 6) is 0.715. The van der Waals surface area contributed by atoms with Gasteiger partial charge in [-0.15, -0.1) is 17.9 Å². The Bertz CT molecular complexity index is 1020. The van der Waals surface area contributed by atoms with E-state index < -0.39 is 0 Å². The number of ketones is 1. The Hall–Kier alpha value is -2.38. The van der Waals surface area contributed by atoms with Crippen LogP contribution in [0.3, 0.4) is 0 Å². The number of ether oxygens (including phenoxy) is 1. The minimum atomic E-state index is -0.334. The maximum Gasteiger partial charge on any atom is 0.263 e. The van der Waals surface area contributed by atoms with Crippen LogP contribution in [0.2, 0.25) is 0 Å². The van der Waals surface area contributed by atoms with Gasteiger partial charge in [-0.2, -0.15) is 0 Å². The molecule has 0 aliphatic carbocycles. The van der Waals surface area contributed by atoms with Gasteiger partial charge in [0.1, 0.15) is 10.6 Å². The predicted molar refractivity (Wildman–Crippen MR) is 111 cm³/mol. The van der Waals surface area contributed by atoms with Gasteiger partial charge in [0.25, 0.3) is 5.56 Å². The summed E-state index contributed by atoms with van der Waals surface area (Å²) in [6.07, 6.45) is 2.29. The molecule has 7 heteroatoms. The number of rotatable bonds is 8. The number of aromatic nitrogens is 2. The standard InChI is InChI=1S/C20H20N2O3S2/c1-4-11-22-19(24)15-10-12-26-18(15)21-20(22)27-16(5-2)17(23)13-6-8-14(25-3)9-7-13/h4,6-10,12,16H,1,5,11H2,2-3H3. The van der Waals surface area contributed by atoms with Crippen LogP contribution in [0.1, 0.15) is 23.7 Å². The molecule has 5 nitrogen and oxygen atoms in total. The Kier molecular flexibility index (Phi) is 6.13. The highest BCUT2D eigenvalue weighted by Crippen LogP contribution is 2.29. The number of fused-ring (bicyclic) bond motifs is 1. The van der Waals surface area contributed by atoms with Crippen LogP contribution in [-0.2, 0) is 6.54 Å². The Balaban J connectivity index is 1.95. The largest absolute Gasteiger partial charge is 0.497 e. The highest BCUT2D eigenvalue weighted by molar-refractivity contribution is 8.00. The van der Waals surface area contributed by atoms with Crippen molar-refractivity contribution in [3.63, 3.8) is 0 Å². The van der Waals surface area contributed by atoms with Crippen LogP contribution in [0.4, 0.5) is 0 Å². The number of allylic oxidation sites excluding steroid dienone is 1. The molecule has 2 aromatic heterocycles. The van der Waals surface area contributed by atoms with Gasteiger partial charge in [-0.3, -0.25) is 14.2 Å². The summed E-state index contributed by atoms with van der Waals surface area (Å²) in [5, 5.41) is 2.66. The number of hydrogen-bond acceptors (Lipinski definition) is 6. The van der Waals surface area contributed by atoms with Gasteiger partial charge in [0.05, 0.1) is 17.7 Å². The number of Topliss-reactive ketones (excluding diaryl/α,β-unsaturated/α-hetero) is 1. The lowest BCUT2D eigenvalue weighted by Crippen LogP contribution is -2.24. The summed E-state index contributed by atoms with van der Waals surface area (Å²) in [6, 6.07) is 8.85. The molecular formula is C20H20N2O3S2. The number of nitrogens with zero attached hydrogens (tertiary/aromatic N) is 2. The molecule has 0 bridgehead atoms. The third-order valence-electron chi connectivity index (χ3n) is 4.15. The molecule has 1 unspecified atom stereocenters. The van der Waals surface area contributed by atoms with Crippen LogP contribution >= 0.6 is 23.1 Å². The molecule has 0 spiro atoms. The lowest BCUT2D eigenvalue weighted by Gasteiger charge is -2.16. The van der Waals surface area contributed by atoms with E-state index in [1.807, 2.05) is 12.3 Å². The first kappa shape index (κ1) is 19.4. The first-order valence-electron chi connectivity index (χ1n) is 8.52. The van der Waals surface area contributed by atoms with Gasteiger partial charge in [0.2, 0.25) is 0 Å². The molecule has 0 fully saturated rings. The lowest BCUT2D eigenvalue weighted by molar-refractivity contribution is 0.0988. The van der Waals surface area contributed by atoms with Crippen molar-refractivity contribution >= 4 is 39.1 Å². The van der Waals surface area contributed by atoms with Crippen molar-refractivity contribution in [3.05, 3.63) is 64.3 Å². The van der Waals surface area contributed by atoms with Crippen LogP contribution in [0.5, 0.6) is 5.75 Å². The number of carbonyl (C=O) groups excluding carboxylic acids is 1. The number of thioether (sulfide) groups is 1. The topological polar surface area (TPSA) is 61.2 Å². The second-order valence-corrected chi connectivity index (χ2v) is 7.91. The summed E-state index contributed by atoms with van der Waals surface area (Å²) in [7, 11) is 1.59. The van der Waals surface area contributed by atoms with Crippen LogP contribution in [0.15, 0.2) is 58.3 Å². The third-order valence-corrected chi connectivity index (χ3v) is 6.31. The zero-order valence-corrected chi connectivity index (χ0v) is 16.8. The smallest absolute Gasteiger partial charge is 0.263 e. The molecule has 0 amide bonds. The molecule has 1 atom stereocenters. The third kappa shape index (κ3) is 3.99. The first-order valence-corrected chi connectivity index (χ1v) is 10.3. The molecule has 2 heterocycles. The summed E-state index contributed by atoms with van der Waals surface area (Å²) in [4.78, 5) is 31.0. The van der Waals surface area contributed by atoms with Crippen LogP contribution in [0.25, 0.3) is 10.2 Å². The van der Waals surface area contributed by atoms with E-state index in [1.165, 1.54) is 23.1 Å². The molecule has 1 aromatic carbocycles. The number of methoxy groups -OCH3 is 1. The summed E-state index contributed by atoms with van der Waals surface area (Å²) >= 11 is 2.75. The highest BCUT2D eigenvalue weighted by Gasteiger charge is 2.23. The molecule has 0 aliphatic rings. The number of carbonyl (C=O) groups is 1. The molecule has 0 aliphatic heterocycles. The van der Waals surface area contributed by atoms with Crippen molar-refractivity contribution in [1.29, 1.82) is 0 Å². The molecule has 0 saturated heterocycles. The summed E-state index contributed by atoms with van der Waals surface area (Å²) in [6.45, 7) is 6.04. The van der Waals surface area contributed by atoms with E-state index in [9.17, 15) is 9.59 Å². The summed E-state index contributed by atoms with van der Waals surface area (Å²) in [5.41, 5.74) is 0.514. The van der Waals surface area contributed by atoms with Crippen molar-refractivity contribution in [2.24, 2.45) is 0 Å². The van der Waals surface area contributed by atoms with E-state index in [4.69, 9.17) is 4.74 Å². The fraction of sp³-hybridized carbons (Fsp3) is 0.250. The Morgan fingerprint density at radius 3 is 2.74 bits per heavy atom. The molecule has 0 N–H and O–H groups in total. The molecular weight excluding hydrogens is 380 g/mol. The van der Waals surface area contributed by atoms with E-state index in [1.54, 1.807) is 48.1 Å². The summed E-state index contributed by atoms with van der Waals surface area (Å²) < 4.78 is 6.73. The maximum atomic E-state index is 13.0. The van der Waals surface area contributed by atoms with Crippen molar-refractivity contribution < 1.29 is 9.53 Å².